The van der Waals surface area contributed by atoms with Crippen LogP contribution in [0.3, 0.4) is 0 Å². The minimum atomic E-state index is 0.555. The molecule has 0 spiro atoms. The molecule has 1 aliphatic heterocycles. The highest BCUT2D eigenvalue weighted by Crippen LogP contribution is 2.17. The topological polar surface area (TPSA) is 49.8 Å². The zero-order valence-corrected chi connectivity index (χ0v) is 10.1. The predicted molar refractivity (Wildman–Crippen MR) is 65.7 cm³/mol. The maximum absolute atomic E-state index is 4.34. The molecule has 88 valence electrons. The van der Waals surface area contributed by atoms with Crippen LogP contribution in [0.25, 0.3) is 0 Å². The van der Waals surface area contributed by atoms with Crippen LogP contribution in [-0.2, 0) is 6.42 Å². The van der Waals surface area contributed by atoms with Gasteiger partial charge in [-0.2, -0.15) is 0 Å². The number of aryl methyl sites for hydroxylation is 1. The molecule has 0 atom stereocenters. The molecule has 1 aromatic rings. The molecule has 4 heteroatoms. The number of anilines is 1. The molecule has 16 heavy (non-hydrogen) atoms. The van der Waals surface area contributed by atoms with Crippen LogP contribution in [0.4, 0.5) is 5.82 Å². The molecule has 0 bridgehead atoms. The predicted octanol–water partition coefficient (Wildman–Crippen LogP) is 1.51. The van der Waals surface area contributed by atoms with Crippen molar-refractivity contribution >= 4 is 5.82 Å². The van der Waals surface area contributed by atoms with Crippen LogP contribution in [0.1, 0.15) is 31.0 Å². The number of hydrogen-bond acceptors (Lipinski definition) is 4. The van der Waals surface area contributed by atoms with Gasteiger partial charge in [0.2, 0.25) is 0 Å². The third-order valence-corrected chi connectivity index (χ3v) is 3.20. The summed E-state index contributed by atoms with van der Waals surface area (Å²) in [7, 11) is 0. The summed E-state index contributed by atoms with van der Waals surface area (Å²) in [5, 5.41) is 6.90. The van der Waals surface area contributed by atoms with Crippen molar-refractivity contribution in [2.45, 2.75) is 39.2 Å². The summed E-state index contributed by atoms with van der Waals surface area (Å²) in [5.41, 5.74) is 2.34. The molecule has 1 saturated heterocycles. The van der Waals surface area contributed by atoms with Crippen LogP contribution in [-0.4, -0.2) is 29.1 Å². The Bertz CT molecular complexity index is 345. The van der Waals surface area contributed by atoms with Gasteiger partial charge in [-0.1, -0.05) is 6.92 Å². The van der Waals surface area contributed by atoms with E-state index in [0.29, 0.717) is 6.04 Å². The van der Waals surface area contributed by atoms with E-state index in [1.165, 1.54) is 18.4 Å². The van der Waals surface area contributed by atoms with Gasteiger partial charge in [0, 0.05) is 17.3 Å². The Labute approximate surface area is 96.9 Å². The fraction of sp³-hybridized carbons (Fsp3) is 0.667. The summed E-state index contributed by atoms with van der Waals surface area (Å²) in [6.07, 6.45) is 4.97. The average molecular weight is 220 g/mol. The van der Waals surface area contributed by atoms with Gasteiger partial charge in [0.1, 0.15) is 12.1 Å². The first kappa shape index (κ1) is 11.3. The van der Waals surface area contributed by atoms with Crippen molar-refractivity contribution in [1.82, 2.24) is 15.3 Å². The Morgan fingerprint density at radius 3 is 2.81 bits per heavy atom. The monoisotopic (exact) mass is 220 g/mol. The summed E-state index contributed by atoms with van der Waals surface area (Å²) in [6.45, 7) is 6.43. The molecule has 4 nitrogen and oxygen atoms in total. The largest absolute Gasteiger partial charge is 0.367 e. The van der Waals surface area contributed by atoms with Crippen molar-refractivity contribution < 1.29 is 0 Å². The van der Waals surface area contributed by atoms with E-state index in [-0.39, 0.29) is 0 Å². The quantitative estimate of drug-likeness (QED) is 0.810. The Morgan fingerprint density at radius 1 is 1.38 bits per heavy atom. The van der Waals surface area contributed by atoms with Crippen molar-refractivity contribution in [1.29, 1.82) is 0 Å². The van der Waals surface area contributed by atoms with E-state index in [9.17, 15) is 0 Å². The molecule has 1 fully saturated rings. The molecule has 0 aliphatic carbocycles. The second-order valence-electron chi connectivity index (χ2n) is 4.32. The zero-order valence-electron chi connectivity index (χ0n) is 10.1. The van der Waals surface area contributed by atoms with Crippen LogP contribution in [0.5, 0.6) is 0 Å². The van der Waals surface area contributed by atoms with Crippen molar-refractivity contribution in [3.8, 4) is 0 Å². The first-order valence-corrected chi connectivity index (χ1v) is 6.09. The maximum atomic E-state index is 4.34. The minimum Gasteiger partial charge on any atom is -0.367 e. The van der Waals surface area contributed by atoms with E-state index in [1.807, 2.05) is 0 Å². The highest BCUT2D eigenvalue weighted by molar-refractivity contribution is 5.45. The fourth-order valence-corrected chi connectivity index (χ4v) is 2.15. The summed E-state index contributed by atoms with van der Waals surface area (Å²) in [5.74, 6) is 1.01. The number of hydrogen-bond donors (Lipinski definition) is 2. The summed E-state index contributed by atoms with van der Waals surface area (Å²) < 4.78 is 0. The van der Waals surface area contributed by atoms with Gasteiger partial charge in [-0.15, -0.1) is 0 Å². The number of aromatic nitrogens is 2. The number of rotatable bonds is 3. The average Bonchev–Trinajstić information content (AvgIpc) is 2.33. The Hall–Kier alpha value is -1.16. The Morgan fingerprint density at radius 2 is 2.12 bits per heavy atom. The lowest BCUT2D eigenvalue weighted by molar-refractivity contribution is 0.478. The third-order valence-electron chi connectivity index (χ3n) is 3.20. The zero-order chi connectivity index (χ0) is 11.4. The Balaban J connectivity index is 2.08. The molecule has 0 saturated carbocycles. The van der Waals surface area contributed by atoms with E-state index in [4.69, 9.17) is 0 Å². The van der Waals surface area contributed by atoms with Gasteiger partial charge in [-0.25, -0.2) is 9.97 Å². The van der Waals surface area contributed by atoms with Gasteiger partial charge in [-0.3, -0.25) is 0 Å². The molecule has 0 unspecified atom stereocenters. The van der Waals surface area contributed by atoms with E-state index in [2.05, 4.69) is 34.4 Å². The first-order valence-electron chi connectivity index (χ1n) is 6.09. The van der Waals surface area contributed by atoms with Crippen LogP contribution < -0.4 is 10.6 Å². The molecule has 0 aromatic carbocycles. The highest BCUT2D eigenvalue weighted by atomic mass is 15.1. The molecule has 2 N–H and O–H groups in total. The normalized spacial score (nSPS) is 17.4. The lowest BCUT2D eigenvalue weighted by Crippen LogP contribution is -2.35. The summed E-state index contributed by atoms with van der Waals surface area (Å²) in [4.78, 5) is 8.63. The van der Waals surface area contributed by atoms with Crippen LogP contribution in [0.15, 0.2) is 6.33 Å². The smallest absolute Gasteiger partial charge is 0.132 e. The SMILES string of the molecule is CCc1ncnc(NC2CCNCC2)c1C. The number of piperidine rings is 1. The first-order chi connectivity index (χ1) is 7.81. The summed E-state index contributed by atoms with van der Waals surface area (Å²) >= 11 is 0. The summed E-state index contributed by atoms with van der Waals surface area (Å²) in [6, 6.07) is 0.555. The molecule has 1 aromatic heterocycles. The molecule has 2 rings (SSSR count). The van der Waals surface area contributed by atoms with E-state index in [0.717, 1.165) is 31.0 Å². The van der Waals surface area contributed by atoms with Gasteiger partial charge in [-0.05, 0) is 39.3 Å². The second-order valence-corrected chi connectivity index (χ2v) is 4.32. The molecule has 2 heterocycles. The second kappa shape index (κ2) is 5.25. The third kappa shape index (κ3) is 2.50. The van der Waals surface area contributed by atoms with E-state index < -0.39 is 0 Å². The van der Waals surface area contributed by atoms with Crippen molar-refractivity contribution in [2.24, 2.45) is 0 Å². The standard InChI is InChI=1S/C12H20N4/c1-3-11-9(2)12(15-8-14-11)16-10-4-6-13-7-5-10/h8,10,13H,3-7H2,1-2H3,(H,14,15,16). The van der Waals surface area contributed by atoms with Crippen molar-refractivity contribution in [3.05, 3.63) is 17.6 Å². The van der Waals surface area contributed by atoms with Gasteiger partial charge in [0.25, 0.3) is 0 Å². The Kier molecular flexibility index (Phi) is 3.72. The van der Waals surface area contributed by atoms with Crippen LogP contribution in [0, 0.1) is 6.92 Å². The molecule has 1 aliphatic rings. The number of nitrogens with one attached hydrogen (secondary N) is 2. The van der Waals surface area contributed by atoms with Crippen molar-refractivity contribution in [3.63, 3.8) is 0 Å². The lowest BCUT2D eigenvalue weighted by atomic mass is 10.1. The highest BCUT2D eigenvalue weighted by Gasteiger charge is 2.14. The molecular weight excluding hydrogens is 200 g/mol. The fourth-order valence-electron chi connectivity index (χ4n) is 2.15. The molecular formula is C12H20N4. The van der Waals surface area contributed by atoms with Gasteiger partial charge in [0.15, 0.2) is 0 Å². The number of nitrogens with zero attached hydrogens (tertiary/aromatic N) is 2. The minimum absolute atomic E-state index is 0.555. The maximum Gasteiger partial charge on any atom is 0.132 e. The lowest BCUT2D eigenvalue weighted by Gasteiger charge is -2.25. The molecule has 0 radical (unpaired) electrons. The van der Waals surface area contributed by atoms with Crippen LogP contribution in [0.2, 0.25) is 0 Å². The van der Waals surface area contributed by atoms with Gasteiger partial charge >= 0.3 is 0 Å². The van der Waals surface area contributed by atoms with E-state index >= 15 is 0 Å². The molecule has 0 amide bonds. The van der Waals surface area contributed by atoms with Crippen LogP contribution >= 0.6 is 0 Å². The van der Waals surface area contributed by atoms with Crippen molar-refractivity contribution in [2.75, 3.05) is 18.4 Å². The van der Waals surface area contributed by atoms with E-state index in [1.54, 1.807) is 6.33 Å². The van der Waals surface area contributed by atoms with Gasteiger partial charge < -0.3 is 10.6 Å². The van der Waals surface area contributed by atoms with Gasteiger partial charge in [0.05, 0.1) is 0 Å².